The predicted molar refractivity (Wildman–Crippen MR) is 93.4 cm³/mol. The van der Waals surface area contributed by atoms with Crippen molar-refractivity contribution in [2.45, 2.75) is 32.2 Å². The van der Waals surface area contributed by atoms with E-state index in [1.165, 1.54) is 17.0 Å². The molecule has 3 aromatic rings. The maximum Gasteiger partial charge on any atom is 0.417 e. The molecule has 1 aliphatic heterocycles. The molecule has 0 spiro atoms. The summed E-state index contributed by atoms with van der Waals surface area (Å²) in [5.74, 6) is 0.201. The smallest absolute Gasteiger partial charge is 0.327 e. The number of fused-ring (bicyclic) bond motifs is 1. The van der Waals surface area contributed by atoms with Crippen molar-refractivity contribution in [3.63, 3.8) is 0 Å². The molecule has 0 aliphatic carbocycles. The molecule has 1 amide bonds. The third-order valence-corrected chi connectivity index (χ3v) is 5.11. The van der Waals surface area contributed by atoms with Crippen molar-refractivity contribution in [2.75, 3.05) is 0 Å². The van der Waals surface area contributed by atoms with Crippen LogP contribution in [0, 0.1) is 0 Å². The lowest BCUT2D eigenvalue weighted by atomic mass is 10.1. The Balaban J connectivity index is 1.66. The molecular formula is C17H14ClF3N6O. The molecule has 146 valence electrons. The molecule has 0 bridgehead atoms. The van der Waals surface area contributed by atoms with Crippen LogP contribution < -0.4 is 0 Å². The van der Waals surface area contributed by atoms with Crippen LogP contribution in [0.3, 0.4) is 0 Å². The van der Waals surface area contributed by atoms with E-state index >= 15 is 0 Å². The molecule has 1 aliphatic rings. The number of benzene rings is 1. The van der Waals surface area contributed by atoms with E-state index < -0.39 is 22.7 Å². The van der Waals surface area contributed by atoms with E-state index in [2.05, 4.69) is 20.4 Å². The van der Waals surface area contributed by atoms with E-state index in [-0.39, 0.29) is 24.0 Å². The average Bonchev–Trinajstić information content (AvgIpc) is 3.28. The first kappa shape index (κ1) is 18.5. The van der Waals surface area contributed by atoms with E-state index in [0.717, 1.165) is 6.07 Å². The van der Waals surface area contributed by atoms with Gasteiger partial charge in [-0.3, -0.25) is 9.89 Å². The second-order valence-electron chi connectivity index (χ2n) is 6.50. The largest absolute Gasteiger partial charge is 0.417 e. The summed E-state index contributed by atoms with van der Waals surface area (Å²) in [6.07, 6.45) is -1.35. The van der Waals surface area contributed by atoms with Crippen LogP contribution >= 0.6 is 11.6 Å². The van der Waals surface area contributed by atoms with Crippen LogP contribution in [0.25, 0.3) is 11.4 Å². The molecule has 1 atom stereocenters. The predicted octanol–water partition coefficient (Wildman–Crippen LogP) is 3.38. The number of aromatic amines is 1. The van der Waals surface area contributed by atoms with Crippen molar-refractivity contribution in [3.05, 3.63) is 52.6 Å². The lowest BCUT2D eigenvalue weighted by Crippen LogP contribution is -2.46. The summed E-state index contributed by atoms with van der Waals surface area (Å²) in [6, 6.07) is 3.38. The number of hydrogen-bond acceptors (Lipinski definition) is 4. The number of H-pyrrole nitrogens is 1. The highest BCUT2D eigenvalue weighted by Crippen LogP contribution is 2.37. The third kappa shape index (κ3) is 3.03. The number of carbonyl (C=O) groups is 1. The fourth-order valence-corrected chi connectivity index (χ4v) is 3.54. The van der Waals surface area contributed by atoms with E-state index in [0.29, 0.717) is 17.9 Å². The lowest BCUT2D eigenvalue weighted by Gasteiger charge is -2.34. The number of nitrogens with one attached hydrogen (secondary N) is 1. The van der Waals surface area contributed by atoms with Gasteiger partial charge in [0.05, 0.1) is 22.3 Å². The quantitative estimate of drug-likeness (QED) is 0.717. The highest BCUT2D eigenvalue weighted by Gasteiger charge is 2.37. The molecule has 0 saturated carbocycles. The van der Waals surface area contributed by atoms with Crippen molar-refractivity contribution in [1.29, 1.82) is 0 Å². The van der Waals surface area contributed by atoms with Crippen molar-refractivity contribution >= 4 is 17.5 Å². The monoisotopic (exact) mass is 410 g/mol. The van der Waals surface area contributed by atoms with E-state index in [1.54, 1.807) is 17.0 Å². The van der Waals surface area contributed by atoms with Crippen molar-refractivity contribution in [1.82, 2.24) is 29.9 Å². The van der Waals surface area contributed by atoms with Gasteiger partial charge in [0.15, 0.2) is 5.82 Å². The number of carbonyl (C=O) groups excluding carboxylic acids is 1. The fraction of sp³-hybridized carbons (Fsp3) is 0.294. The summed E-state index contributed by atoms with van der Waals surface area (Å²) < 4.78 is 41.0. The molecule has 3 heterocycles. The zero-order valence-corrected chi connectivity index (χ0v) is 15.3. The lowest BCUT2D eigenvalue weighted by molar-refractivity contribution is -0.137. The van der Waals surface area contributed by atoms with Gasteiger partial charge in [0.2, 0.25) is 5.82 Å². The van der Waals surface area contributed by atoms with Crippen molar-refractivity contribution in [2.24, 2.45) is 0 Å². The van der Waals surface area contributed by atoms with Gasteiger partial charge in [-0.1, -0.05) is 23.7 Å². The number of halogens is 4. The van der Waals surface area contributed by atoms with Crippen LogP contribution in [-0.2, 0) is 19.3 Å². The summed E-state index contributed by atoms with van der Waals surface area (Å²) >= 11 is 5.98. The van der Waals surface area contributed by atoms with Gasteiger partial charge in [0, 0.05) is 25.3 Å². The van der Waals surface area contributed by atoms with Gasteiger partial charge in [-0.2, -0.15) is 18.3 Å². The van der Waals surface area contributed by atoms with Gasteiger partial charge in [-0.15, -0.1) is 10.2 Å². The number of hydrogen-bond donors (Lipinski definition) is 1. The molecular weight excluding hydrogens is 397 g/mol. The molecule has 4 rings (SSSR count). The maximum absolute atomic E-state index is 13.1. The van der Waals surface area contributed by atoms with Gasteiger partial charge < -0.3 is 9.47 Å². The molecule has 0 saturated heterocycles. The molecule has 28 heavy (non-hydrogen) atoms. The van der Waals surface area contributed by atoms with Crippen LogP contribution in [0.4, 0.5) is 13.2 Å². The van der Waals surface area contributed by atoms with Gasteiger partial charge in [-0.05, 0) is 18.6 Å². The SMILES string of the molecule is C[C@H]1Cn2c(nnc2-c2cn[nH]c2)C(=O)N1Cc1cccc(C(F)(F)F)c1Cl. The standard InChI is InChI=1S/C17H14ClF3N6O/c1-9-7-27-14(11-5-22-23-6-11)24-25-15(27)16(28)26(9)8-10-3-2-4-12(13(10)18)17(19,20)21/h2-6,9H,7-8H2,1H3,(H,22,23)/t9-/m0/s1. The third-order valence-electron chi connectivity index (χ3n) is 4.66. The van der Waals surface area contributed by atoms with Gasteiger partial charge >= 0.3 is 6.18 Å². The Kier molecular flexibility index (Phi) is 4.37. The molecule has 0 fully saturated rings. The summed E-state index contributed by atoms with van der Waals surface area (Å²) in [6.45, 7) is 2.14. The zero-order valence-electron chi connectivity index (χ0n) is 14.5. The second kappa shape index (κ2) is 6.62. The maximum atomic E-state index is 13.1. The van der Waals surface area contributed by atoms with Crippen molar-refractivity contribution in [3.8, 4) is 11.4 Å². The number of nitrogens with zero attached hydrogens (tertiary/aromatic N) is 5. The van der Waals surface area contributed by atoms with Gasteiger partial charge in [0.1, 0.15) is 0 Å². The Labute approximate surface area is 162 Å². The first-order valence-corrected chi connectivity index (χ1v) is 8.73. The Morgan fingerprint density at radius 1 is 1.29 bits per heavy atom. The Morgan fingerprint density at radius 2 is 2.04 bits per heavy atom. The van der Waals surface area contributed by atoms with E-state index in [9.17, 15) is 18.0 Å². The van der Waals surface area contributed by atoms with Crippen LogP contribution in [0.5, 0.6) is 0 Å². The van der Waals surface area contributed by atoms with Gasteiger partial charge in [-0.25, -0.2) is 0 Å². The summed E-state index contributed by atoms with van der Waals surface area (Å²) in [4.78, 5) is 14.4. The fourth-order valence-electron chi connectivity index (χ4n) is 3.24. The topological polar surface area (TPSA) is 79.7 Å². The zero-order chi connectivity index (χ0) is 20.1. The van der Waals surface area contributed by atoms with Crippen LogP contribution in [-0.4, -0.2) is 41.8 Å². The van der Waals surface area contributed by atoms with Gasteiger partial charge in [0.25, 0.3) is 5.91 Å². The summed E-state index contributed by atoms with van der Waals surface area (Å²) in [5.41, 5.74) is -0.0120. The molecule has 1 aromatic carbocycles. The molecule has 0 radical (unpaired) electrons. The van der Waals surface area contributed by atoms with Crippen LogP contribution in [0.1, 0.15) is 28.7 Å². The van der Waals surface area contributed by atoms with E-state index in [1.807, 2.05) is 6.92 Å². The summed E-state index contributed by atoms with van der Waals surface area (Å²) in [5, 5.41) is 14.2. The Morgan fingerprint density at radius 3 is 2.71 bits per heavy atom. The highest BCUT2D eigenvalue weighted by molar-refractivity contribution is 6.32. The molecule has 11 heteroatoms. The van der Waals surface area contributed by atoms with Crippen molar-refractivity contribution < 1.29 is 18.0 Å². The average molecular weight is 411 g/mol. The number of amides is 1. The number of aromatic nitrogens is 5. The molecule has 2 aromatic heterocycles. The van der Waals surface area contributed by atoms with Crippen LogP contribution in [0.2, 0.25) is 5.02 Å². The molecule has 1 N–H and O–H groups in total. The number of rotatable bonds is 3. The minimum atomic E-state index is -4.57. The second-order valence-corrected chi connectivity index (χ2v) is 6.88. The summed E-state index contributed by atoms with van der Waals surface area (Å²) in [7, 11) is 0. The number of alkyl halides is 3. The first-order valence-electron chi connectivity index (χ1n) is 8.35. The minimum absolute atomic E-state index is 0.0589. The van der Waals surface area contributed by atoms with E-state index in [4.69, 9.17) is 11.6 Å². The first-order chi connectivity index (χ1) is 13.3. The van der Waals surface area contributed by atoms with Crippen LogP contribution in [0.15, 0.2) is 30.6 Å². The highest BCUT2D eigenvalue weighted by atomic mass is 35.5. The minimum Gasteiger partial charge on any atom is -0.327 e. The molecule has 0 unspecified atom stereocenters. The Bertz CT molecular complexity index is 1030. The normalized spacial score (nSPS) is 17.1. The molecule has 7 nitrogen and oxygen atoms in total. The Hall–Kier alpha value is -2.88.